The average Bonchev–Trinajstić information content (AvgIpc) is 2.60. The number of ether oxygens (including phenoxy) is 3. The quantitative estimate of drug-likeness (QED) is 0.772. The lowest BCUT2D eigenvalue weighted by molar-refractivity contribution is -0.213. The second-order valence-corrected chi connectivity index (χ2v) is 4.78. The highest BCUT2D eigenvalue weighted by Crippen LogP contribution is 2.42. The van der Waals surface area contributed by atoms with Gasteiger partial charge in [-0.25, -0.2) is 0 Å². The summed E-state index contributed by atoms with van der Waals surface area (Å²) in [5.74, 6) is -0.298. The zero-order valence-electron chi connectivity index (χ0n) is 9.60. The maximum Gasteiger partial charge on any atom is 0.187 e. The Morgan fingerprint density at radius 1 is 1.27 bits per heavy atom. The summed E-state index contributed by atoms with van der Waals surface area (Å²) in [6, 6.07) is 0. The third-order valence-corrected chi connectivity index (χ3v) is 3.10. The van der Waals surface area contributed by atoms with E-state index in [1.54, 1.807) is 0 Å². The Bertz CT molecular complexity index is 229. The molecule has 0 aromatic rings. The van der Waals surface area contributed by atoms with Gasteiger partial charge in [0, 0.05) is 5.92 Å². The molecule has 0 bridgehead atoms. The number of hydrogen-bond acceptors (Lipinski definition) is 4. The molecule has 1 N–H and O–H groups in total. The summed E-state index contributed by atoms with van der Waals surface area (Å²) in [5, 5.41) is 9.21. The van der Waals surface area contributed by atoms with Gasteiger partial charge in [-0.15, -0.1) is 0 Å². The smallest absolute Gasteiger partial charge is 0.187 e. The van der Waals surface area contributed by atoms with Crippen LogP contribution in [0.15, 0.2) is 0 Å². The zero-order valence-corrected chi connectivity index (χ0v) is 9.60. The van der Waals surface area contributed by atoms with Crippen LogP contribution in [0.3, 0.4) is 0 Å². The molecule has 0 aromatic heterocycles. The first-order valence-corrected chi connectivity index (χ1v) is 5.69. The third-order valence-electron chi connectivity index (χ3n) is 3.10. The van der Waals surface area contributed by atoms with Gasteiger partial charge in [0.2, 0.25) is 0 Å². The largest absolute Gasteiger partial charge is 0.394 e. The summed E-state index contributed by atoms with van der Waals surface area (Å²) in [7, 11) is 0. The normalized spacial score (nSPS) is 43.2. The van der Waals surface area contributed by atoms with E-state index in [0.717, 1.165) is 12.8 Å². The lowest BCUT2D eigenvalue weighted by atomic mass is 9.94. The Kier molecular flexibility index (Phi) is 3.03. The van der Waals surface area contributed by atoms with Crippen molar-refractivity contribution in [3.63, 3.8) is 0 Å². The van der Waals surface area contributed by atoms with Crippen molar-refractivity contribution in [2.24, 2.45) is 5.92 Å². The standard InChI is InChI=1S/C11H20O4/c1-4-5-7-8(6-12)13-10-9(7)14-11(2,3)15-10/h7-10,12H,4-6H2,1-3H3/t7-,8+,9?,10+/m0/s1. The van der Waals surface area contributed by atoms with Gasteiger partial charge in [0.1, 0.15) is 6.10 Å². The van der Waals surface area contributed by atoms with Crippen LogP contribution in [0.25, 0.3) is 0 Å². The van der Waals surface area contributed by atoms with Gasteiger partial charge >= 0.3 is 0 Å². The van der Waals surface area contributed by atoms with Gasteiger partial charge in [0.25, 0.3) is 0 Å². The molecule has 15 heavy (non-hydrogen) atoms. The summed E-state index contributed by atoms with van der Waals surface area (Å²) in [4.78, 5) is 0. The van der Waals surface area contributed by atoms with Crippen LogP contribution in [0.5, 0.6) is 0 Å². The summed E-state index contributed by atoms with van der Waals surface area (Å²) in [6.45, 7) is 5.96. The van der Waals surface area contributed by atoms with Crippen LogP contribution in [0.2, 0.25) is 0 Å². The average molecular weight is 216 g/mol. The van der Waals surface area contributed by atoms with Crippen LogP contribution in [0, 0.1) is 5.92 Å². The molecule has 2 heterocycles. The minimum Gasteiger partial charge on any atom is -0.394 e. The highest BCUT2D eigenvalue weighted by Gasteiger charge is 2.53. The maximum atomic E-state index is 9.21. The zero-order chi connectivity index (χ0) is 11.1. The minimum atomic E-state index is -0.554. The molecule has 0 spiro atoms. The van der Waals surface area contributed by atoms with Crippen LogP contribution in [-0.2, 0) is 14.2 Å². The Balaban J connectivity index is 2.07. The van der Waals surface area contributed by atoms with Crippen molar-refractivity contribution < 1.29 is 19.3 Å². The van der Waals surface area contributed by atoms with E-state index in [1.165, 1.54) is 0 Å². The molecule has 1 unspecified atom stereocenters. The Morgan fingerprint density at radius 3 is 2.60 bits per heavy atom. The number of aliphatic hydroxyl groups is 1. The van der Waals surface area contributed by atoms with Gasteiger partial charge in [0.05, 0.1) is 12.7 Å². The fourth-order valence-corrected chi connectivity index (χ4v) is 2.50. The molecule has 2 rings (SSSR count). The predicted octanol–water partition coefficient (Wildman–Crippen LogP) is 1.27. The molecule has 0 amide bonds. The first-order valence-electron chi connectivity index (χ1n) is 5.69. The highest BCUT2D eigenvalue weighted by atomic mass is 16.8. The third kappa shape index (κ3) is 2.04. The summed E-state index contributed by atoms with van der Waals surface area (Å²) < 4.78 is 17.1. The number of hydrogen-bond donors (Lipinski definition) is 1. The lowest BCUT2D eigenvalue weighted by Crippen LogP contribution is -2.31. The van der Waals surface area contributed by atoms with Crippen molar-refractivity contribution >= 4 is 0 Å². The molecule has 2 aliphatic heterocycles. The van der Waals surface area contributed by atoms with Crippen molar-refractivity contribution in [3.05, 3.63) is 0 Å². The molecule has 0 aliphatic carbocycles. The lowest BCUT2D eigenvalue weighted by Gasteiger charge is -2.24. The van der Waals surface area contributed by atoms with Gasteiger partial charge in [-0.05, 0) is 20.3 Å². The fraction of sp³-hybridized carbons (Fsp3) is 1.00. The summed E-state index contributed by atoms with van der Waals surface area (Å²) in [5.41, 5.74) is 0. The van der Waals surface area contributed by atoms with Crippen molar-refractivity contribution in [1.29, 1.82) is 0 Å². The van der Waals surface area contributed by atoms with Crippen LogP contribution in [-0.4, -0.2) is 36.0 Å². The van der Waals surface area contributed by atoms with E-state index >= 15 is 0 Å². The second-order valence-electron chi connectivity index (χ2n) is 4.78. The molecule has 0 radical (unpaired) electrons. The Labute approximate surface area is 90.5 Å². The molecule has 4 heteroatoms. The minimum absolute atomic E-state index is 0.0166. The molecule has 88 valence electrons. The Morgan fingerprint density at radius 2 is 2.00 bits per heavy atom. The maximum absolute atomic E-state index is 9.21. The van der Waals surface area contributed by atoms with E-state index in [2.05, 4.69) is 6.92 Å². The van der Waals surface area contributed by atoms with Crippen molar-refractivity contribution in [3.8, 4) is 0 Å². The monoisotopic (exact) mass is 216 g/mol. The van der Waals surface area contributed by atoms with E-state index in [9.17, 15) is 5.11 Å². The summed E-state index contributed by atoms with van der Waals surface area (Å²) in [6.07, 6.45) is 1.63. The van der Waals surface area contributed by atoms with E-state index in [1.807, 2.05) is 13.8 Å². The molecule has 0 aromatic carbocycles. The summed E-state index contributed by atoms with van der Waals surface area (Å²) >= 11 is 0. The van der Waals surface area contributed by atoms with E-state index in [4.69, 9.17) is 14.2 Å². The molecule has 2 aliphatic rings. The SMILES string of the molecule is CCC[C@@H]1C2OC(C)(C)O[C@H]2O[C@@H]1CO. The molecular formula is C11H20O4. The van der Waals surface area contributed by atoms with Gasteiger partial charge in [-0.2, -0.15) is 0 Å². The van der Waals surface area contributed by atoms with Gasteiger partial charge in [-0.3, -0.25) is 0 Å². The molecule has 2 saturated heterocycles. The van der Waals surface area contributed by atoms with E-state index < -0.39 is 5.79 Å². The van der Waals surface area contributed by atoms with E-state index in [0.29, 0.717) is 0 Å². The first kappa shape index (κ1) is 11.3. The highest BCUT2D eigenvalue weighted by molar-refractivity contribution is 4.92. The number of aliphatic hydroxyl groups excluding tert-OH is 1. The second kappa shape index (κ2) is 4.01. The van der Waals surface area contributed by atoms with Crippen LogP contribution >= 0.6 is 0 Å². The van der Waals surface area contributed by atoms with Crippen molar-refractivity contribution in [2.75, 3.05) is 6.61 Å². The van der Waals surface area contributed by atoms with Gasteiger partial charge in [-0.1, -0.05) is 13.3 Å². The van der Waals surface area contributed by atoms with Gasteiger partial charge < -0.3 is 19.3 Å². The number of rotatable bonds is 3. The fourth-order valence-electron chi connectivity index (χ4n) is 2.50. The molecule has 4 atom stereocenters. The van der Waals surface area contributed by atoms with Crippen molar-refractivity contribution in [2.45, 2.75) is 57.9 Å². The topological polar surface area (TPSA) is 47.9 Å². The molecule has 0 saturated carbocycles. The van der Waals surface area contributed by atoms with Crippen LogP contribution < -0.4 is 0 Å². The van der Waals surface area contributed by atoms with Crippen LogP contribution in [0.4, 0.5) is 0 Å². The number of fused-ring (bicyclic) bond motifs is 1. The van der Waals surface area contributed by atoms with Crippen molar-refractivity contribution in [1.82, 2.24) is 0 Å². The van der Waals surface area contributed by atoms with Crippen LogP contribution in [0.1, 0.15) is 33.6 Å². The predicted molar refractivity (Wildman–Crippen MR) is 54.2 cm³/mol. The van der Waals surface area contributed by atoms with Gasteiger partial charge in [0.15, 0.2) is 12.1 Å². The molecule has 4 nitrogen and oxygen atoms in total. The molecular weight excluding hydrogens is 196 g/mol. The molecule has 2 fully saturated rings. The first-order chi connectivity index (χ1) is 7.07. The Hall–Kier alpha value is -0.160. The van der Waals surface area contributed by atoms with E-state index in [-0.39, 0.29) is 31.0 Å².